The number of piperidine rings is 1. The van der Waals surface area contributed by atoms with E-state index in [1.807, 2.05) is 13.8 Å². The standard InChI is InChI=1S/C22H40FN3O2/c1-17(2)28-21-12-13-25(14-19(21)23)22(27)20-15-26(16-24-20)18-10-8-6-4-3-5-7-9-11-18/h17-21,24H,3-16H2,1-2H3/t19-,20?,21+/m1/s1. The number of rotatable bonds is 4. The first-order valence-corrected chi connectivity index (χ1v) is 11.6. The van der Waals surface area contributed by atoms with Crippen LogP contribution in [0, 0.1) is 0 Å². The second-order valence-corrected chi connectivity index (χ2v) is 9.20. The highest BCUT2D eigenvalue weighted by molar-refractivity contribution is 5.82. The molecule has 0 spiro atoms. The van der Waals surface area contributed by atoms with Gasteiger partial charge < -0.3 is 9.64 Å². The number of amides is 1. The van der Waals surface area contributed by atoms with E-state index < -0.39 is 6.17 Å². The van der Waals surface area contributed by atoms with E-state index in [9.17, 15) is 9.18 Å². The fourth-order valence-corrected chi connectivity index (χ4v) is 4.99. The third-order valence-electron chi connectivity index (χ3n) is 6.59. The zero-order chi connectivity index (χ0) is 19.9. The molecule has 0 bridgehead atoms. The maximum absolute atomic E-state index is 14.5. The predicted molar refractivity (Wildman–Crippen MR) is 110 cm³/mol. The lowest BCUT2D eigenvalue weighted by atomic mass is 9.96. The molecule has 2 saturated heterocycles. The van der Waals surface area contributed by atoms with E-state index >= 15 is 0 Å². The number of halogens is 1. The summed E-state index contributed by atoms with van der Waals surface area (Å²) in [6.45, 7) is 6.17. The van der Waals surface area contributed by atoms with Crippen LogP contribution in [0.3, 0.4) is 0 Å². The number of alkyl halides is 1. The molecule has 162 valence electrons. The first kappa shape index (κ1) is 22.0. The number of likely N-dealkylation sites (tertiary alicyclic amines) is 1. The van der Waals surface area contributed by atoms with Crippen molar-refractivity contribution in [2.24, 2.45) is 0 Å². The van der Waals surface area contributed by atoms with Crippen LogP contribution in [-0.2, 0) is 9.53 Å². The van der Waals surface area contributed by atoms with Gasteiger partial charge in [0.25, 0.3) is 0 Å². The summed E-state index contributed by atoms with van der Waals surface area (Å²) in [5.74, 6) is 0.0630. The van der Waals surface area contributed by atoms with Crippen molar-refractivity contribution in [1.29, 1.82) is 0 Å². The molecule has 0 aromatic heterocycles. The minimum Gasteiger partial charge on any atom is -0.372 e. The Balaban J connectivity index is 1.48. The molecule has 0 aromatic carbocycles. The van der Waals surface area contributed by atoms with Crippen LogP contribution in [0.1, 0.15) is 78.1 Å². The van der Waals surface area contributed by atoms with E-state index in [1.165, 1.54) is 57.8 Å². The van der Waals surface area contributed by atoms with Gasteiger partial charge in [-0.1, -0.05) is 44.9 Å². The van der Waals surface area contributed by atoms with Crippen molar-refractivity contribution in [3.63, 3.8) is 0 Å². The second-order valence-electron chi connectivity index (χ2n) is 9.20. The maximum atomic E-state index is 14.5. The molecule has 3 rings (SSSR count). The third kappa shape index (κ3) is 6.14. The molecule has 0 radical (unpaired) electrons. The van der Waals surface area contributed by atoms with Crippen LogP contribution in [0.2, 0.25) is 0 Å². The zero-order valence-corrected chi connectivity index (χ0v) is 17.9. The smallest absolute Gasteiger partial charge is 0.241 e. The van der Waals surface area contributed by atoms with Crippen molar-refractivity contribution in [2.45, 2.75) is 109 Å². The average molecular weight is 398 g/mol. The maximum Gasteiger partial charge on any atom is 0.241 e. The fraction of sp³-hybridized carbons (Fsp3) is 0.955. The van der Waals surface area contributed by atoms with Gasteiger partial charge in [0.2, 0.25) is 5.91 Å². The molecule has 1 unspecified atom stereocenters. The minimum atomic E-state index is -1.09. The molecule has 3 atom stereocenters. The van der Waals surface area contributed by atoms with E-state index in [0.717, 1.165) is 13.2 Å². The number of hydrogen-bond acceptors (Lipinski definition) is 4. The average Bonchev–Trinajstić information content (AvgIpc) is 3.16. The Morgan fingerprint density at radius 2 is 1.64 bits per heavy atom. The van der Waals surface area contributed by atoms with Gasteiger partial charge in [-0.3, -0.25) is 15.0 Å². The first-order chi connectivity index (χ1) is 13.5. The number of nitrogens with zero attached hydrogens (tertiary/aromatic N) is 2. The van der Waals surface area contributed by atoms with Crippen molar-refractivity contribution in [1.82, 2.24) is 15.1 Å². The molecular weight excluding hydrogens is 357 g/mol. The van der Waals surface area contributed by atoms with Crippen molar-refractivity contribution < 1.29 is 13.9 Å². The third-order valence-corrected chi connectivity index (χ3v) is 6.59. The molecule has 1 saturated carbocycles. The van der Waals surface area contributed by atoms with Crippen LogP contribution in [0.25, 0.3) is 0 Å². The molecule has 1 aliphatic carbocycles. The largest absolute Gasteiger partial charge is 0.372 e. The molecule has 3 fully saturated rings. The number of hydrogen-bond donors (Lipinski definition) is 1. The highest BCUT2D eigenvalue weighted by atomic mass is 19.1. The Hall–Kier alpha value is -0.720. The quantitative estimate of drug-likeness (QED) is 0.789. The lowest BCUT2D eigenvalue weighted by Gasteiger charge is -2.36. The van der Waals surface area contributed by atoms with Gasteiger partial charge in [-0.05, 0) is 33.1 Å². The summed E-state index contributed by atoms with van der Waals surface area (Å²) >= 11 is 0. The van der Waals surface area contributed by atoms with Gasteiger partial charge in [0.1, 0.15) is 12.2 Å². The van der Waals surface area contributed by atoms with Crippen molar-refractivity contribution >= 4 is 5.91 Å². The van der Waals surface area contributed by atoms with E-state index in [1.54, 1.807) is 4.90 Å². The van der Waals surface area contributed by atoms with Crippen LogP contribution < -0.4 is 5.32 Å². The minimum absolute atomic E-state index is 0.0211. The molecule has 28 heavy (non-hydrogen) atoms. The fourth-order valence-electron chi connectivity index (χ4n) is 4.99. The Morgan fingerprint density at radius 3 is 2.25 bits per heavy atom. The predicted octanol–water partition coefficient (Wildman–Crippen LogP) is 3.47. The molecule has 2 aliphatic heterocycles. The van der Waals surface area contributed by atoms with Gasteiger partial charge in [0, 0.05) is 25.8 Å². The van der Waals surface area contributed by atoms with Gasteiger partial charge in [-0.2, -0.15) is 0 Å². The van der Waals surface area contributed by atoms with Gasteiger partial charge in [-0.15, -0.1) is 0 Å². The summed E-state index contributed by atoms with van der Waals surface area (Å²) in [5.41, 5.74) is 0. The zero-order valence-electron chi connectivity index (χ0n) is 17.9. The Morgan fingerprint density at radius 1 is 1.00 bits per heavy atom. The van der Waals surface area contributed by atoms with Gasteiger partial charge >= 0.3 is 0 Å². The normalized spacial score (nSPS) is 32.0. The summed E-state index contributed by atoms with van der Waals surface area (Å²) in [4.78, 5) is 17.1. The highest BCUT2D eigenvalue weighted by Crippen LogP contribution is 2.24. The molecule has 1 N–H and O–H groups in total. The van der Waals surface area contributed by atoms with Crippen molar-refractivity contribution in [3.05, 3.63) is 0 Å². The van der Waals surface area contributed by atoms with Crippen molar-refractivity contribution in [2.75, 3.05) is 26.3 Å². The molecule has 6 heteroatoms. The van der Waals surface area contributed by atoms with E-state index in [0.29, 0.717) is 19.0 Å². The number of carbonyl (C=O) groups is 1. The first-order valence-electron chi connectivity index (χ1n) is 11.6. The molecule has 2 heterocycles. The van der Waals surface area contributed by atoms with Crippen LogP contribution in [0.5, 0.6) is 0 Å². The van der Waals surface area contributed by atoms with Crippen LogP contribution in [-0.4, -0.2) is 72.5 Å². The van der Waals surface area contributed by atoms with Crippen LogP contribution in [0.15, 0.2) is 0 Å². The molecule has 0 aromatic rings. The van der Waals surface area contributed by atoms with Crippen molar-refractivity contribution in [3.8, 4) is 0 Å². The summed E-state index contributed by atoms with van der Waals surface area (Å²) < 4.78 is 20.1. The molecule has 3 aliphatic rings. The topological polar surface area (TPSA) is 44.8 Å². The highest BCUT2D eigenvalue weighted by Gasteiger charge is 2.38. The number of ether oxygens (including phenoxy) is 1. The molecular formula is C22H40FN3O2. The Labute approximate surface area is 170 Å². The Bertz CT molecular complexity index is 480. The van der Waals surface area contributed by atoms with E-state index in [-0.39, 0.29) is 30.7 Å². The summed E-state index contributed by atoms with van der Waals surface area (Å²) in [6, 6.07) is 0.396. The van der Waals surface area contributed by atoms with Crippen LogP contribution in [0.4, 0.5) is 4.39 Å². The van der Waals surface area contributed by atoms with Gasteiger partial charge in [0.15, 0.2) is 0 Å². The number of carbonyl (C=O) groups excluding carboxylic acids is 1. The molecule has 5 nitrogen and oxygen atoms in total. The van der Waals surface area contributed by atoms with Gasteiger partial charge in [0.05, 0.1) is 18.8 Å². The van der Waals surface area contributed by atoms with E-state index in [4.69, 9.17) is 4.74 Å². The second kappa shape index (κ2) is 10.9. The van der Waals surface area contributed by atoms with Gasteiger partial charge in [-0.25, -0.2) is 4.39 Å². The molecule has 1 amide bonds. The van der Waals surface area contributed by atoms with E-state index in [2.05, 4.69) is 10.2 Å². The Kier molecular flexibility index (Phi) is 8.54. The van der Waals surface area contributed by atoms with Crippen LogP contribution >= 0.6 is 0 Å². The number of nitrogens with one attached hydrogen (secondary N) is 1. The SMILES string of the molecule is CC(C)O[C@H]1CCN(C(=O)C2CN(C3CCCCCCCCC3)CN2)C[C@H]1F. The summed E-state index contributed by atoms with van der Waals surface area (Å²) in [7, 11) is 0. The lowest BCUT2D eigenvalue weighted by molar-refractivity contribution is -0.140. The summed E-state index contributed by atoms with van der Waals surface area (Å²) in [6.07, 6.45) is 11.0. The monoisotopic (exact) mass is 397 g/mol. The summed E-state index contributed by atoms with van der Waals surface area (Å²) in [5, 5.41) is 3.40. The lowest BCUT2D eigenvalue weighted by Crippen LogP contribution is -2.53.